The summed E-state index contributed by atoms with van der Waals surface area (Å²) in [4.78, 5) is 14.2. The Labute approximate surface area is 106 Å². The molecule has 0 atom stereocenters. The van der Waals surface area contributed by atoms with E-state index in [4.69, 9.17) is 10.5 Å². The van der Waals surface area contributed by atoms with Crippen LogP contribution in [0.15, 0.2) is 23.1 Å². The minimum absolute atomic E-state index is 0.0369. The highest BCUT2D eigenvalue weighted by Gasteiger charge is 2.09. The number of nitrogens with zero attached hydrogens (tertiary/aromatic N) is 1. The molecule has 1 aromatic rings. The summed E-state index contributed by atoms with van der Waals surface area (Å²) in [5.74, 6) is 0.812. The molecular formula is C12H18N2O2S. The van der Waals surface area contributed by atoms with Gasteiger partial charge < -0.3 is 15.4 Å². The lowest BCUT2D eigenvalue weighted by molar-refractivity contribution is 0.0827. The molecule has 0 radical (unpaired) electrons. The number of amides is 1. The van der Waals surface area contributed by atoms with Gasteiger partial charge in [0, 0.05) is 43.1 Å². The Balaban J connectivity index is 2.75. The molecule has 0 aliphatic carbocycles. The lowest BCUT2D eigenvalue weighted by atomic mass is 10.2. The fourth-order valence-electron chi connectivity index (χ4n) is 1.31. The highest BCUT2D eigenvalue weighted by Crippen LogP contribution is 2.26. The maximum absolute atomic E-state index is 11.7. The van der Waals surface area contributed by atoms with E-state index in [1.165, 1.54) is 4.90 Å². The van der Waals surface area contributed by atoms with Crippen LogP contribution >= 0.6 is 11.8 Å². The Bertz CT molecular complexity index is 394. The van der Waals surface area contributed by atoms with Crippen molar-refractivity contribution in [3.8, 4) is 0 Å². The molecule has 0 aliphatic heterocycles. The van der Waals surface area contributed by atoms with Gasteiger partial charge in [0.25, 0.3) is 5.91 Å². The maximum Gasteiger partial charge on any atom is 0.253 e. The first-order valence-electron chi connectivity index (χ1n) is 5.29. The van der Waals surface area contributed by atoms with Crippen LogP contribution in [0.5, 0.6) is 0 Å². The number of nitrogens with two attached hydrogens (primary N) is 1. The van der Waals surface area contributed by atoms with E-state index < -0.39 is 0 Å². The predicted molar refractivity (Wildman–Crippen MR) is 71.5 cm³/mol. The van der Waals surface area contributed by atoms with E-state index in [0.717, 1.165) is 10.6 Å². The van der Waals surface area contributed by atoms with Crippen LogP contribution in [0.25, 0.3) is 0 Å². The van der Waals surface area contributed by atoms with Crippen LogP contribution in [0.3, 0.4) is 0 Å². The second kappa shape index (κ2) is 6.51. The lowest BCUT2D eigenvalue weighted by Gasteiger charge is -2.12. The summed E-state index contributed by atoms with van der Waals surface area (Å²) in [5.41, 5.74) is 7.16. The van der Waals surface area contributed by atoms with Crippen molar-refractivity contribution in [2.24, 2.45) is 0 Å². The zero-order chi connectivity index (χ0) is 12.8. The van der Waals surface area contributed by atoms with Crippen molar-refractivity contribution < 1.29 is 9.53 Å². The fourth-order valence-corrected chi connectivity index (χ4v) is 2.17. The van der Waals surface area contributed by atoms with Gasteiger partial charge in [-0.2, -0.15) is 0 Å². The van der Waals surface area contributed by atoms with Crippen molar-refractivity contribution >= 4 is 23.4 Å². The third-order valence-corrected chi connectivity index (χ3v) is 3.26. The van der Waals surface area contributed by atoms with Crippen molar-refractivity contribution in [1.82, 2.24) is 4.90 Å². The van der Waals surface area contributed by atoms with Gasteiger partial charge in [-0.15, -0.1) is 11.8 Å². The number of ether oxygens (including phenoxy) is 1. The van der Waals surface area contributed by atoms with Crippen LogP contribution in [0.2, 0.25) is 0 Å². The van der Waals surface area contributed by atoms with Gasteiger partial charge in [-0.1, -0.05) is 0 Å². The van der Waals surface area contributed by atoms with Crippen molar-refractivity contribution in [1.29, 1.82) is 0 Å². The van der Waals surface area contributed by atoms with Crippen molar-refractivity contribution in [2.45, 2.75) is 4.90 Å². The average Bonchev–Trinajstić information content (AvgIpc) is 2.30. The molecule has 1 amide bonds. The number of benzene rings is 1. The topological polar surface area (TPSA) is 55.6 Å². The summed E-state index contributed by atoms with van der Waals surface area (Å²) in [6.45, 7) is 0.683. The molecule has 0 aliphatic rings. The minimum Gasteiger partial charge on any atom is -0.398 e. The third kappa shape index (κ3) is 3.94. The number of carbonyl (C=O) groups excluding carboxylic acids is 1. The number of methoxy groups -OCH3 is 1. The Morgan fingerprint density at radius 1 is 1.47 bits per heavy atom. The summed E-state index contributed by atoms with van der Waals surface area (Å²) in [6.07, 6.45) is 0. The van der Waals surface area contributed by atoms with E-state index in [9.17, 15) is 4.79 Å². The Morgan fingerprint density at radius 2 is 2.18 bits per heavy atom. The lowest BCUT2D eigenvalue weighted by Crippen LogP contribution is -2.21. The van der Waals surface area contributed by atoms with Crippen LogP contribution in [0, 0.1) is 0 Å². The highest BCUT2D eigenvalue weighted by molar-refractivity contribution is 7.99. The smallest absolute Gasteiger partial charge is 0.253 e. The molecule has 0 fully saturated rings. The number of anilines is 1. The fraction of sp³-hybridized carbons (Fsp3) is 0.417. The quantitative estimate of drug-likeness (QED) is 0.494. The molecule has 4 nitrogen and oxygen atoms in total. The zero-order valence-corrected chi connectivity index (χ0v) is 11.2. The van der Waals surface area contributed by atoms with Crippen LogP contribution in [-0.4, -0.2) is 44.4 Å². The van der Waals surface area contributed by atoms with Gasteiger partial charge in [0.2, 0.25) is 0 Å². The minimum atomic E-state index is -0.0369. The van der Waals surface area contributed by atoms with Crippen LogP contribution in [0.1, 0.15) is 10.4 Å². The van der Waals surface area contributed by atoms with E-state index in [2.05, 4.69) is 0 Å². The molecular weight excluding hydrogens is 236 g/mol. The molecule has 0 spiro atoms. The van der Waals surface area contributed by atoms with Crippen LogP contribution in [-0.2, 0) is 4.74 Å². The number of carbonyl (C=O) groups is 1. The SMILES string of the molecule is COCCSc1ccc(C(=O)N(C)C)cc1N. The molecule has 1 aromatic carbocycles. The van der Waals surface area contributed by atoms with Crippen molar-refractivity contribution in [3.05, 3.63) is 23.8 Å². The predicted octanol–water partition coefficient (Wildman–Crippen LogP) is 1.71. The standard InChI is InChI=1S/C12H18N2O2S/c1-14(2)12(15)9-4-5-11(10(13)8-9)17-7-6-16-3/h4-5,8H,6-7,13H2,1-3H3. The summed E-state index contributed by atoms with van der Waals surface area (Å²) >= 11 is 1.63. The van der Waals surface area contributed by atoms with Crippen LogP contribution in [0.4, 0.5) is 5.69 Å². The number of hydrogen-bond acceptors (Lipinski definition) is 4. The molecule has 2 N–H and O–H groups in total. The molecule has 5 heteroatoms. The monoisotopic (exact) mass is 254 g/mol. The molecule has 0 unspecified atom stereocenters. The molecule has 0 bridgehead atoms. The van der Waals surface area contributed by atoms with E-state index >= 15 is 0 Å². The summed E-state index contributed by atoms with van der Waals surface area (Å²) in [6, 6.07) is 5.40. The van der Waals surface area contributed by atoms with Crippen molar-refractivity contribution in [2.75, 3.05) is 39.3 Å². The van der Waals surface area contributed by atoms with Gasteiger partial charge >= 0.3 is 0 Å². The van der Waals surface area contributed by atoms with E-state index in [-0.39, 0.29) is 5.91 Å². The second-order valence-corrected chi connectivity index (χ2v) is 4.93. The van der Waals surface area contributed by atoms with Gasteiger partial charge in [0.05, 0.1) is 6.61 Å². The summed E-state index contributed by atoms with van der Waals surface area (Å²) in [5, 5.41) is 0. The van der Waals surface area contributed by atoms with Gasteiger partial charge in [-0.25, -0.2) is 0 Å². The van der Waals surface area contributed by atoms with Crippen molar-refractivity contribution in [3.63, 3.8) is 0 Å². The largest absolute Gasteiger partial charge is 0.398 e. The highest BCUT2D eigenvalue weighted by atomic mass is 32.2. The Kier molecular flexibility index (Phi) is 5.31. The second-order valence-electron chi connectivity index (χ2n) is 3.79. The van der Waals surface area contributed by atoms with Gasteiger partial charge in [-0.3, -0.25) is 4.79 Å². The van der Waals surface area contributed by atoms with E-state index in [1.807, 2.05) is 6.07 Å². The first kappa shape index (κ1) is 13.9. The first-order valence-corrected chi connectivity index (χ1v) is 6.27. The zero-order valence-electron chi connectivity index (χ0n) is 10.4. The molecule has 17 heavy (non-hydrogen) atoms. The molecule has 94 valence electrons. The maximum atomic E-state index is 11.7. The first-order chi connectivity index (χ1) is 8.06. The molecule has 0 saturated heterocycles. The summed E-state index contributed by atoms with van der Waals surface area (Å²) < 4.78 is 4.97. The van der Waals surface area contributed by atoms with Gasteiger partial charge in [0.15, 0.2) is 0 Å². The molecule has 0 aromatic heterocycles. The Hall–Kier alpha value is -1.20. The molecule has 1 rings (SSSR count). The van der Waals surface area contributed by atoms with Gasteiger partial charge in [-0.05, 0) is 18.2 Å². The normalized spacial score (nSPS) is 10.3. The number of hydrogen-bond donors (Lipinski definition) is 1. The number of rotatable bonds is 5. The van der Waals surface area contributed by atoms with E-state index in [0.29, 0.717) is 17.9 Å². The number of thioether (sulfide) groups is 1. The average molecular weight is 254 g/mol. The third-order valence-electron chi connectivity index (χ3n) is 2.21. The van der Waals surface area contributed by atoms with Gasteiger partial charge in [0.1, 0.15) is 0 Å². The van der Waals surface area contributed by atoms with Crippen LogP contribution < -0.4 is 5.73 Å². The summed E-state index contributed by atoms with van der Waals surface area (Å²) in [7, 11) is 5.11. The Morgan fingerprint density at radius 3 is 2.71 bits per heavy atom. The van der Waals surface area contributed by atoms with E-state index in [1.54, 1.807) is 45.1 Å². The number of nitrogen functional groups attached to an aromatic ring is 1. The molecule has 0 saturated carbocycles. The molecule has 0 heterocycles.